The monoisotopic (exact) mass is 243 g/mol. The van der Waals surface area contributed by atoms with Gasteiger partial charge in [-0.2, -0.15) is 0 Å². The van der Waals surface area contributed by atoms with Crippen LogP contribution in [0.3, 0.4) is 0 Å². The van der Waals surface area contributed by atoms with Crippen LogP contribution >= 0.6 is 0 Å². The maximum Gasteiger partial charge on any atom is 0.246 e. The van der Waals surface area contributed by atoms with Gasteiger partial charge in [-0.15, -0.1) is 0 Å². The topological polar surface area (TPSA) is 47.6 Å². The highest BCUT2D eigenvalue weighted by molar-refractivity contribution is 5.77. The lowest BCUT2D eigenvalue weighted by molar-refractivity contribution is -0.126. The van der Waals surface area contributed by atoms with Crippen LogP contribution < -0.4 is 5.32 Å². The fraction of sp³-hybridized carbons (Fsp3) is 0.923. The van der Waals surface area contributed by atoms with Crippen molar-refractivity contribution in [2.45, 2.75) is 45.1 Å². The summed E-state index contributed by atoms with van der Waals surface area (Å²) in [5.41, 5.74) is 0. The summed E-state index contributed by atoms with van der Waals surface area (Å²) in [6.45, 7) is 3.45. The molecule has 2 unspecified atom stereocenters. The van der Waals surface area contributed by atoms with Crippen molar-refractivity contribution in [3.63, 3.8) is 0 Å². The van der Waals surface area contributed by atoms with Gasteiger partial charge in [-0.1, -0.05) is 19.8 Å². The average molecular weight is 243 g/mol. The van der Waals surface area contributed by atoms with Gasteiger partial charge in [0.15, 0.2) is 0 Å². The normalized spacial score (nSPS) is 25.3. The summed E-state index contributed by atoms with van der Waals surface area (Å²) in [6, 6.07) is 0.346. The third-order valence-electron chi connectivity index (χ3n) is 3.29. The summed E-state index contributed by atoms with van der Waals surface area (Å²) in [5, 5.41) is 3.05. The van der Waals surface area contributed by atoms with E-state index in [0.717, 1.165) is 18.8 Å². The quantitative estimate of drug-likeness (QED) is 0.571. The Morgan fingerprint density at radius 1 is 1.24 bits per heavy atom. The molecule has 0 aromatic heterocycles. The SMILES string of the molecule is COCCOCC(=O)NC1CCCC(C)CC1. The van der Waals surface area contributed by atoms with Crippen LogP contribution in [0.25, 0.3) is 0 Å². The van der Waals surface area contributed by atoms with Gasteiger partial charge in [0.25, 0.3) is 0 Å². The molecule has 0 heterocycles. The minimum absolute atomic E-state index is 0.000608. The van der Waals surface area contributed by atoms with Gasteiger partial charge < -0.3 is 14.8 Å². The fourth-order valence-electron chi connectivity index (χ4n) is 2.21. The molecular formula is C13H25NO3. The van der Waals surface area contributed by atoms with E-state index in [1.54, 1.807) is 7.11 Å². The van der Waals surface area contributed by atoms with Crippen molar-refractivity contribution in [1.29, 1.82) is 0 Å². The maximum absolute atomic E-state index is 11.6. The molecular weight excluding hydrogens is 218 g/mol. The number of carbonyl (C=O) groups excluding carboxylic acids is 1. The number of amides is 1. The molecule has 1 N–H and O–H groups in total. The molecule has 17 heavy (non-hydrogen) atoms. The fourth-order valence-corrected chi connectivity index (χ4v) is 2.21. The lowest BCUT2D eigenvalue weighted by Gasteiger charge is -2.16. The second kappa shape index (κ2) is 8.48. The summed E-state index contributed by atoms with van der Waals surface area (Å²) in [6.07, 6.45) is 5.93. The molecule has 1 aliphatic rings. The minimum Gasteiger partial charge on any atom is -0.382 e. The van der Waals surface area contributed by atoms with Crippen molar-refractivity contribution >= 4 is 5.91 Å². The molecule has 4 heteroatoms. The van der Waals surface area contributed by atoms with Gasteiger partial charge in [-0.25, -0.2) is 0 Å². The van der Waals surface area contributed by atoms with E-state index in [-0.39, 0.29) is 12.5 Å². The van der Waals surface area contributed by atoms with Gasteiger partial charge in [0.05, 0.1) is 13.2 Å². The number of methoxy groups -OCH3 is 1. The number of carbonyl (C=O) groups is 1. The molecule has 0 aromatic rings. The molecule has 0 aromatic carbocycles. The van der Waals surface area contributed by atoms with Crippen LogP contribution in [0, 0.1) is 5.92 Å². The zero-order chi connectivity index (χ0) is 12.5. The number of nitrogens with one attached hydrogen (secondary N) is 1. The van der Waals surface area contributed by atoms with E-state index in [1.807, 2.05) is 0 Å². The van der Waals surface area contributed by atoms with E-state index in [9.17, 15) is 4.79 Å². The van der Waals surface area contributed by atoms with Crippen molar-refractivity contribution in [2.24, 2.45) is 5.92 Å². The van der Waals surface area contributed by atoms with Crippen molar-refractivity contribution in [1.82, 2.24) is 5.32 Å². The molecule has 2 atom stereocenters. The van der Waals surface area contributed by atoms with Crippen molar-refractivity contribution in [2.75, 3.05) is 26.9 Å². The van der Waals surface area contributed by atoms with E-state index in [0.29, 0.717) is 19.3 Å². The van der Waals surface area contributed by atoms with E-state index in [4.69, 9.17) is 9.47 Å². The van der Waals surface area contributed by atoms with Gasteiger partial charge in [0.1, 0.15) is 6.61 Å². The van der Waals surface area contributed by atoms with Gasteiger partial charge in [0.2, 0.25) is 5.91 Å². The highest BCUT2D eigenvalue weighted by Gasteiger charge is 2.17. The standard InChI is InChI=1S/C13H25NO3/c1-11-4-3-5-12(7-6-11)14-13(15)10-17-9-8-16-2/h11-12H,3-10H2,1-2H3,(H,14,15). The molecule has 100 valence electrons. The van der Waals surface area contributed by atoms with Crippen LogP contribution in [0.5, 0.6) is 0 Å². The number of hydrogen-bond donors (Lipinski definition) is 1. The van der Waals surface area contributed by atoms with Crippen LogP contribution in [0.4, 0.5) is 0 Å². The van der Waals surface area contributed by atoms with Crippen LogP contribution in [0.1, 0.15) is 39.0 Å². The Morgan fingerprint density at radius 2 is 2.06 bits per heavy atom. The zero-order valence-electron chi connectivity index (χ0n) is 11.0. The summed E-state index contributed by atoms with van der Waals surface area (Å²) in [7, 11) is 1.62. The molecule has 1 fully saturated rings. The Kier molecular flexibility index (Phi) is 7.21. The van der Waals surface area contributed by atoms with Gasteiger partial charge in [-0.3, -0.25) is 4.79 Å². The van der Waals surface area contributed by atoms with Crippen molar-refractivity contribution < 1.29 is 14.3 Å². The first-order chi connectivity index (χ1) is 8.22. The van der Waals surface area contributed by atoms with Crippen LogP contribution in [-0.2, 0) is 14.3 Å². The lowest BCUT2D eigenvalue weighted by atomic mass is 10.0. The van der Waals surface area contributed by atoms with Gasteiger partial charge in [-0.05, 0) is 25.2 Å². The highest BCUT2D eigenvalue weighted by atomic mass is 16.5. The Bertz CT molecular complexity index is 221. The molecule has 4 nitrogen and oxygen atoms in total. The second-order valence-electron chi connectivity index (χ2n) is 4.92. The Morgan fingerprint density at radius 3 is 2.82 bits per heavy atom. The Labute approximate surface area is 104 Å². The first kappa shape index (κ1) is 14.5. The molecule has 0 spiro atoms. The molecule has 0 radical (unpaired) electrons. The molecule has 1 rings (SSSR count). The third-order valence-corrected chi connectivity index (χ3v) is 3.29. The van der Waals surface area contributed by atoms with Crippen LogP contribution in [0.15, 0.2) is 0 Å². The Hall–Kier alpha value is -0.610. The maximum atomic E-state index is 11.6. The van der Waals surface area contributed by atoms with Crippen LogP contribution in [0.2, 0.25) is 0 Å². The third kappa shape index (κ3) is 6.64. The van der Waals surface area contributed by atoms with Crippen molar-refractivity contribution in [3.8, 4) is 0 Å². The Balaban J connectivity index is 2.12. The van der Waals surface area contributed by atoms with E-state index in [1.165, 1.54) is 19.3 Å². The van der Waals surface area contributed by atoms with E-state index in [2.05, 4.69) is 12.2 Å². The summed E-state index contributed by atoms with van der Waals surface area (Å²) < 4.78 is 10.0. The van der Waals surface area contributed by atoms with Crippen molar-refractivity contribution in [3.05, 3.63) is 0 Å². The predicted octanol–water partition coefficient (Wildman–Crippen LogP) is 1.73. The molecule has 0 saturated heterocycles. The summed E-state index contributed by atoms with van der Waals surface area (Å²) in [5.74, 6) is 0.801. The summed E-state index contributed by atoms with van der Waals surface area (Å²) >= 11 is 0. The molecule has 1 saturated carbocycles. The van der Waals surface area contributed by atoms with E-state index < -0.39 is 0 Å². The first-order valence-corrected chi connectivity index (χ1v) is 6.58. The number of ether oxygens (including phenoxy) is 2. The van der Waals surface area contributed by atoms with E-state index >= 15 is 0 Å². The minimum atomic E-state index is 0.000608. The zero-order valence-corrected chi connectivity index (χ0v) is 11.0. The molecule has 0 aliphatic heterocycles. The molecule has 0 bridgehead atoms. The first-order valence-electron chi connectivity index (χ1n) is 6.58. The number of hydrogen-bond acceptors (Lipinski definition) is 3. The second-order valence-corrected chi connectivity index (χ2v) is 4.92. The average Bonchev–Trinajstić information content (AvgIpc) is 2.50. The smallest absolute Gasteiger partial charge is 0.246 e. The highest BCUT2D eigenvalue weighted by Crippen LogP contribution is 2.22. The van der Waals surface area contributed by atoms with Gasteiger partial charge in [0, 0.05) is 13.2 Å². The molecule has 1 amide bonds. The number of rotatable bonds is 6. The molecule has 1 aliphatic carbocycles. The van der Waals surface area contributed by atoms with Crippen LogP contribution in [-0.4, -0.2) is 38.9 Å². The van der Waals surface area contributed by atoms with Gasteiger partial charge >= 0.3 is 0 Å². The predicted molar refractivity (Wildman–Crippen MR) is 66.9 cm³/mol. The largest absolute Gasteiger partial charge is 0.382 e. The summed E-state index contributed by atoms with van der Waals surface area (Å²) in [4.78, 5) is 11.6. The lowest BCUT2D eigenvalue weighted by Crippen LogP contribution is -2.37.